The van der Waals surface area contributed by atoms with Crippen LogP contribution in [0.4, 0.5) is 0 Å². The van der Waals surface area contributed by atoms with Crippen molar-refractivity contribution in [1.29, 1.82) is 0 Å². The van der Waals surface area contributed by atoms with Crippen LogP contribution in [0.2, 0.25) is 0 Å². The number of aryl methyl sites for hydroxylation is 1. The Morgan fingerprint density at radius 2 is 1.16 bits per heavy atom. The van der Waals surface area contributed by atoms with E-state index >= 15 is 0 Å². The second kappa shape index (κ2) is 14.1. The molecule has 10 rings (SSSR count). The molecule has 0 spiro atoms. The molecule has 7 aromatic carbocycles. The molecular formula is C54H39N3. The third-order valence-corrected chi connectivity index (χ3v) is 11.4. The standard InChI is InChI=1S/C54H39N3/c1-37(34-35-48-38(2)45-30-16-18-33-49(45)57(48)44-28-13-6-14-29-44)51-50-52(56-53(55-51)41-23-19-22-40(36-41)39-20-7-3-8-21-39)46-31-15-17-32-47(46)54(50,42-24-9-4-10-25-42)43-26-11-5-12-27-43/h3-36H,1H2,2H3/b35-34-. The summed E-state index contributed by atoms with van der Waals surface area (Å²) < 4.78 is 2.34. The van der Waals surface area contributed by atoms with Crippen LogP contribution in [0.3, 0.4) is 0 Å². The van der Waals surface area contributed by atoms with Crippen LogP contribution in [0.15, 0.2) is 207 Å². The highest BCUT2D eigenvalue weighted by molar-refractivity contribution is 5.94. The van der Waals surface area contributed by atoms with Crippen molar-refractivity contribution in [3.05, 3.63) is 246 Å². The first-order valence-electron chi connectivity index (χ1n) is 19.4. The van der Waals surface area contributed by atoms with Gasteiger partial charge in [-0.2, -0.15) is 0 Å². The number of allylic oxidation sites excluding steroid dienone is 2. The molecule has 0 N–H and O–H groups in total. The summed E-state index contributed by atoms with van der Waals surface area (Å²) in [7, 11) is 0. The molecular weight excluding hydrogens is 691 g/mol. The number of benzene rings is 7. The Kier molecular flexibility index (Phi) is 8.42. The SMILES string of the molecule is C=C(/C=C\c1c(C)c2ccccc2n1-c1ccccc1)c1nc(-c2cccc(-c3ccccc3)c2)nc2c1C(c1ccccc1)(c1ccccc1)c1ccccc1-2. The third kappa shape index (κ3) is 5.58. The molecule has 2 heterocycles. The first-order chi connectivity index (χ1) is 28.1. The van der Waals surface area contributed by atoms with Crippen molar-refractivity contribution in [2.75, 3.05) is 0 Å². The van der Waals surface area contributed by atoms with E-state index in [0.29, 0.717) is 5.82 Å². The minimum Gasteiger partial charge on any atom is -0.310 e. The quantitative estimate of drug-likeness (QED) is 0.146. The summed E-state index contributed by atoms with van der Waals surface area (Å²) in [6.45, 7) is 7.04. The first kappa shape index (κ1) is 34.2. The molecule has 0 atom stereocenters. The van der Waals surface area contributed by atoms with Crippen molar-refractivity contribution < 1.29 is 0 Å². The smallest absolute Gasteiger partial charge is 0.160 e. The van der Waals surface area contributed by atoms with Crippen LogP contribution in [-0.2, 0) is 5.41 Å². The molecule has 0 saturated carbocycles. The molecule has 0 amide bonds. The summed E-state index contributed by atoms with van der Waals surface area (Å²) in [6.07, 6.45) is 4.36. The van der Waals surface area contributed by atoms with Gasteiger partial charge in [-0.3, -0.25) is 0 Å². The highest BCUT2D eigenvalue weighted by Gasteiger charge is 2.49. The Hall–Kier alpha value is -7.36. The maximum atomic E-state index is 5.57. The Labute approximate surface area is 333 Å². The average molecular weight is 730 g/mol. The summed E-state index contributed by atoms with van der Waals surface area (Å²) in [5.41, 5.74) is 15.3. The fourth-order valence-corrected chi connectivity index (χ4v) is 8.87. The molecule has 0 fully saturated rings. The fourth-order valence-electron chi connectivity index (χ4n) is 8.87. The van der Waals surface area contributed by atoms with Gasteiger partial charge >= 0.3 is 0 Å². The second-order valence-corrected chi connectivity index (χ2v) is 14.7. The van der Waals surface area contributed by atoms with Crippen molar-refractivity contribution in [1.82, 2.24) is 14.5 Å². The number of para-hydroxylation sites is 2. The van der Waals surface area contributed by atoms with Crippen molar-refractivity contribution in [2.24, 2.45) is 0 Å². The largest absolute Gasteiger partial charge is 0.310 e. The second-order valence-electron chi connectivity index (χ2n) is 14.7. The van der Waals surface area contributed by atoms with Crippen LogP contribution in [-0.4, -0.2) is 14.5 Å². The highest BCUT2D eigenvalue weighted by atomic mass is 15.0. The molecule has 0 unspecified atom stereocenters. The van der Waals surface area contributed by atoms with E-state index in [1.807, 2.05) is 6.07 Å². The van der Waals surface area contributed by atoms with Crippen LogP contribution in [0.25, 0.3) is 62.0 Å². The third-order valence-electron chi connectivity index (χ3n) is 11.4. The van der Waals surface area contributed by atoms with Gasteiger partial charge in [0.05, 0.1) is 22.3 Å². The molecule has 3 nitrogen and oxygen atoms in total. The highest BCUT2D eigenvalue weighted by Crippen LogP contribution is 2.57. The van der Waals surface area contributed by atoms with Gasteiger partial charge in [-0.25, -0.2) is 9.97 Å². The molecule has 9 aromatic rings. The van der Waals surface area contributed by atoms with Gasteiger partial charge in [-0.05, 0) is 76.2 Å². The van der Waals surface area contributed by atoms with Crippen LogP contribution < -0.4 is 0 Å². The normalized spacial score (nSPS) is 12.8. The number of fused-ring (bicyclic) bond motifs is 4. The number of aromatic nitrogens is 3. The molecule has 0 radical (unpaired) electrons. The molecule has 1 aliphatic carbocycles. The first-order valence-corrected chi connectivity index (χ1v) is 19.4. The van der Waals surface area contributed by atoms with E-state index in [2.05, 4.69) is 212 Å². The van der Waals surface area contributed by atoms with E-state index in [9.17, 15) is 0 Å². The Morgan fingerprint density at radius 3 is 1.88 bits per heavy atom. The maximum absolute atomic E-state index is 5.57. The van der Waals surface area contributed by atoms with E-state index in [1.54, 1.807) is 0 Å². The Bertz CT molecular complexity index is 2920. The lowest BCUT2D eigenvalue weighted by Crippen LogP contribution is -2.30. The van der Waals surface area contributed by atoms with Gasteiger partial charge in [0.25, 0.3) is 0 Å². The predicted molar refractivity (Wildman–Crippen MR) is 236 cm³/mol. The van der Waals surface area contributed by atoms with Crippen molar-refractivity contribution in [2.45, 2.75) is 12.3 Å². The minimum atomic E-state index is -0.695. The van der Waals surface area contributed by atoms with E-state index in [1.165, 1.54) is 16.5 Å². The van der Waals surface area contributed by atoms with Gasteiger partial charge in [0.1, 0.15) is 0 Å². The predicted octanol–water partition coefficient (Wildman–Crippen LogP) is 13.2. The van der Waals surface area contributed by atoms with E-state index in [0.717, 1.165) is 72.8 Å². The Morgan fingerprint density at radius 1 is 0.579 bits per heavy atom. The van der Waals surface area contributed by atoms with Gasteiger partial charge in [-0.1, -0.05) is 183 Å². The summed E-state index contributed by atoms with van der Waals surface area (Å²) in [4.78, 5) is 11.1. The summed E-state index contributed by atoms with van der Waals surface area (Å²) in [5.74, 6) is 0.664. The molecule has 0 saturated heterocycles. The van der Waals surface area contributed by atoms with Gasteiger partial charge in [0.15, 0.2) is 5.82 Å². The van der Waals surface area contributed by atoms with Gasteiger partial charge in [0, 0.05) is 33.5 Å². The van der Waals surface area contributed by atoms with Crippen LogP contribution in [0, 0.1) is 6.92 Å². The lowest BCUT2D eigenvalue weighted by molar-refractivity contribution is 0.757. The molecule has 57 heavy (non-hydrogen) atoms. The lowest BCUT2D eigenvalue weighted by Gasteiger charge is -2.34. The topological polar surface area (TPSA) is 30.7 Å². The van der Waals surface area contributed by atoms with Crippen molar-refractivity contribution in [3.63, 3.8) is 0 Å². The lowest BCUT2D eigenvalue weighted by atomic mass is 9.67. The maximum Gasteiger partial charge on any atom is 0.160 e. The summed E-state index contributed by atoms with van der Waals surface area (Å²) >= 11 is 0. The van der Waals surface area contributed by atoms with Gasteiger partial charge in [0.2, 0.25) is 0 Å². The zero-order valence-corrected chi connectivity index (χ0v) is 31.7. The van der Waals surface area contributed by atoms with E-state index < -0.39 is 5.41 Å². The average Bonchev–Trinajstić information content (AvgIpc) is 3.75. The van der Waals surface area contributed by atoms with Crippen LogP contribution >= 0.6 is 0 Å². The summed E-state index contributed by atoms with van der Waals surface area (Å²) in [6, 6.07) is 68.6. The molecule has 270 valence electrons. The van der Waals surface area contributed by atoms with Crippen LogP contribution in [0.1, 0.15) is 39.2 Å². The summed E-state index contributed by atoms with van der Waals surface area (Å²) in [5, 5.41) is 1.22. The van der Waals surface area contributed by atoms with Crippen LogP contribution in [0.5, 0.6) is 0 Å². The minimum absolute atomic E-state index is 0.664. The molecule has 0 bridgehead atoms. The van der Waals surface area contributed by atoms with Crippen molar-refractivity contribution in [3.8, 4) is 39.5 Å². The molecule has 0 aliphatic heterocycles. The number of hydrogen-bond acceptors (Lipinski definition) is 2. The number of hydrogen-bond donors (Lipinski definition) is 0. The van der Waals surface area contributed by atoms with Gasteiger partial charge < -0.3 is 4.57 Å². The monoisotopic (exact) mass is 729 g/mol. The Balaban J connectivity index is 1.24. The molecule has 2 aromatic heterocycles. The fraction of sp³-hybridized carbons (Fsp3) is 0.0370. The molecule has 3 heteroatoms. The number of nitrogens with zero attached hydrogens (tertiary/aromatic N) is 3. The molecule has 1 aliphatic rings. The van der Waals surface area contributed by atoms with E-state index in [-0.39, 0.29) is 0 Å². The zero-order valence-electron chi connectivity index (χ0n) is 31.7. The zero-order chi connectivity index (χ0) is 38.3. The van der Waals surface area contributed by atoms with Crippen molar-refractivity contribution >= 4 is 22.6 Å². The van der Waals surface area contributed by atoms with E-state index in [4.69, 9.17) is 16.5 Å². The van der Waals surface area contributed by atoms with Gasteiger partial charge in [-0.15, -0.1) is 0 Å². The number of rotatable bonds is 8.